The third kappa shape index (κ3) is 5.58. The molecule has 0 aliphatic heterocycles. The van der Waals surface area contributed by atoms with Gasteiger partial charge < -0.3 is 11.5 Å². The van der Waals surface area contributed by atoms with Crippen molar-refractivity contribution >= 4 is 0 Å². The van der Waals surface area contributed by atoms with Crippen LogP contribution in [0.3, 0.4) is 0 Å². The lowest BCUT2D eigenvalue weighted by molar-refractivity contribution is -0.137. The molecule has 0 heterocycles. The third-order valence-corrected chi connectivity index (χ3v) is 0.796. The molecule has 0 aromatic heterocycles. The van der Waals surface area contributed by atoms with E-state index < -0.39 is 18.6 Å². The van der Waals surface area contributed by atoms with Gasteiger partial charge in [0.05, 0.1) is 6.42 Å². The summed E-state index contributed by atoms with van der Waals surface area (Å²) in [5, 5.41) is 0. The summed E-state index contributed by atoms with van der Waals surface area (Å²) in [5.41, 5.74) is 9.77. The normalized spacial score (nSPS) is 15.7. The van der Waals surface area contributed by atoms with E-state index in [0.717, 1.165) is 0 Å². The molecular formula is C4H9F3N2. The van der Waals surface area contributed by atoms with Crippen molar-refractivity contribution in [3.63, 3.8) is 0 Å². The van der Waals surface area contributed by atoms with Gasteiger partial charge in [0.15, 0.2) is 0 Å². The Bertz CT molecular complexity index is 80.4. The van der Waals surface area contributed by atoms with Gasteiger partial charge in [-0.2, -0.15) is 13.2 Å². The molecule has 0 aliphatic carbocycles. The van der Waals surface area contributed by atoms with Gasteiger partial charge in [0.2, 0.25) is 0 Å². The molecule has 0 saturated carbocycles. The first-order valence-corrected chi connectivity index (χ1v) is 2.48. The maximum Gasteiger partial charge on any atom is 0.390 e. The maximum absolute atomic E-state index is 11.4. The van der Waals surface area contributed by atoms with Crippen molar-refractivity contribution in [1.82, 2.24) is 0 Å². The zero-order valence-electron chi connectivity index (χ0n) is 4.78. The minimum Gasteiger partial charge on any atom is -0.329 e. The van der Waals surface area contributed by atoms with Gasteiger partial charge in [0, 0.05) is 12.6 Å². The average Bonchev–Trinajstić information content (AvgIpc) is 1.62. The highest BCUT2D eigenvalue weighted by molar-refractivity contribution is 4.65. The van der Waals surface area contributed by atoms with E-state index in [9.17, 15) is 13.2 Å². The van der Waals surface area contributed by atoms with E-state index in [2.05, 4.69) is 0 Å². The molecular weight excluding hydrogens is 133 g/mol. The van der Waals surface area contributed by atoms with Crippen LogP contribution in [0.15, 0.2) is 0 Å². The van der Waals surface area contributed by atoms with Crippen molar-refractivity contribution in [2.75, 3.05) is 6.54 Å². The molecule has 0 amide bonds. The molecule has 9 heavy (non-hydrogen) atoms. The van der Waals surface area contributed by atoms with Gasteiger partial charge in [0.1, 0.15) is 0 Å². The van der Waals surface area contributed by atoms with Crippen LogP contribution in [-0.4, -0.2) is 18.8 Å². The molecule has 0 unspecified atom stereocenters. The summed E-state index contributed by atoms with van der Waals surface area (Å²) in [7, 11) is 0. The van der Waals surface area contributed by atoms with E-state index in [1.165, 1.54) is 0 Å². The molecule has 0 saturated heterocycles. The fraction of sp³-hybridized carbons (Fsp3) is 1.00. The highest BCUT2D eigenvalue weighted by Gasteiger charge is 2.29. The van der Waals surface area contributed by atoms with Crippen LogP contribution in [0.2, 0.25) is 0 Å². The standard InChI is InChI=1S/C4H9F3N2/c5-4(6,7)1-3(9)2-8/h3H,1-2,8-9H2/t3-/m0/s1. The number of rotatable bonds is 2. The molecule has 0 aromatic carbocycles. The maximum atomic E-state index is 11.4. The molecule has 0 bridgehead atoms. The van der Waals surface area contributed by atoms with Gasteiger partial charge in [-0.05, 0) is 0 Å². The molecule has 0 radical (unpaired) electrons. The molecule has 4 N–H and O–H groups in total. The van der Waals surface area contributed by atoms with Crippen molar-refractivity contribution in [3.8, 4) is 0 Å². The molecule has 0 aromatic rings. The van der Waals surface area contributed by atoms with Crippen LogP contribution in [0.4, 0.5) is 13.2 Å². The topological polar surface area (TPSA) is 52.0 Å². The van der Waals surface area contributed by atoms with Crippen molar-refractivity contribution < 1.29 is 13.2 Å². The predicted octanol–water partition coefficient (Wildman–Crippen LogP) is 0.225. The average molecular weight is 142 g/mol. The lowest BCUT2D eigenvalue weighted by Gasteiger charge is -2.10. The van der Waals surface area contributed by atoms with Crippen molar-refractivity contribution in [2.45, 2.75) is 18.6 Å². The Kier molecular flexibility index (Phi) is 2.93. The summed E-state index contributed by atoms with van der Waals surface area (Å²) >= 11 is 0. The van der Waals surface area contributed by atoms with E-state index in [0.29, 0.717) is 0 Å². The number of hydrogen-bond acceptors (Lipinski definition) is 2. The summed E-state index contributed by atoms with van der Waals surface area (Å²) < 4.78 is 34.1. The first-order valence-electron chi connectivity index (χ1n) is 2.48. The van der Waals surface area contributed by atoms with Crippen LogP contribution in [0.5, 0.6) is 0 Å². The van der Waals surface area contributed by atoms with Crippen LogP contribution in [0.1, 0.15) is 6.42 Å². The number of halogens is 3. The molecule has 0 rings (SSSR count). The van der Waals surface area contributed by atoms with E-state index >= 15 is 0 Å². The zero-order valence-corrected chi connectivity index (χ0v) is 4.78. The van der Waals surface area contributed by atoms with Gasteiger partial charge in [-0.25, -0.2) is 0 Å². The highest BCUT2D eigenvalue weighted by Crippen LogP contribution is 2.19. The molecule has 2 nitrogen and oxygen atoms in total. The fourth-order valence-electron chi connectivity index (χ4n) is 0.381. The Morgan fingerprint density at radius 1 is 1.33 bits per heavy atom. The summed E-state index contributed by atoms with van der Waals surface area (Å²) in [6.45, 7) is -0.125. The second kappa shape index (κ2) is 3.03. The number of alkyl halides is 3. The number of hydrogen-bond donors (Lipinski definition) is 2. The van der Waals surface area contributed by atoms with Gasteiger partial charge in [0.25, 0.3) is 0 Å². The lowest BCUT2D eigenvalue weighted by atomic mass is 10.2. The number of nitrogens with two attached hydrogens (primary N) is 2. The summed E-state index contributed by atoms with van der Waals surface area (Å²) in [6.07, 6.45) is -5.18. The van der Waals surface area contributed by atoms with Gasteiger partial charge in [-0.1, -0.05) is 0 Å². The lowest BCUT2D eigenvalue weighted by Crippen LogP contribution is -2.34. The van der Waals surface area contributed by atoms with Gasteiger partial charge in [-0.15, -0.1) is 0 Å². The molecule has 0 aliphatic rings. The molecule has 1 atom stereocenters. The SMILES string of the molecule is NC[C@@H](N)CC(F)(F)F. The molecule has 56 valence electrons. The van der Waals surface area contributed by atoms with Crippen molar-refractivity contribution in [2.24, 2.45) is 11.5 Å². The van der Waals surface area contributed by atoms with Crippen molar-refractivity contribution in [1.29, 1.82) is 0 Å². The first-order chi connectivity index (χ1) is 3.95. The van der Waals surface area contributed by atoms with Crippen LogP contribution in [0.25, 0.3) is 0 Å². The second-order valence-electron chi connectivity index (χ2n) is 1.82. The Balaban J connectivity index is 3.47. The predicted molar refractivity (Wildman–Crippen MR) is 27.7 cm³/mol. The van der Waals surface area contributed by atoms with Crippen LogP contribution in [-0.2, 0) is 0 Å². The second-order valence-corrected chi connectivity index (χ2v) is 1.82. The molecule has 0 fully saturated rings. The van der Waals surface area contributed by atoms with Gasteiger partial charge in [-0.3, -0.25) is 0 Å². The van der Waals surface area contributed by atoms with E-state index in [-0.39, 0.29) is 6.54 Å². The molecule has 0 spiro atoms. The van der Waals surface area contributed by atoms with Crippen molar-refractivity contribution in [3.05, 3.63) is 0 Å². The summed E-state index contributed by atoms with van der Waals surface area (Å²) in [5.74, 6) is 0. The quantitative estimate of drug-likeness (QED) is 0.579. The van der Waals surface area contributed by atoms with Gasteiger partial charge >= 0.3 is 6.18 Å². The van der Waals surface area contributed by atoms with Crippen LogP contribution in [0, 0.1) is 0 Å². The summed E-state index contributed by atoms with van der Waals surface area (Å²) in [6, 6.07) is -0.954. The fourth-order valence-corrected chi connectivity index (χ4v) is 0.381. The Morgan fingerprint density at radius 2 is 1.78 bits per heavy atom. The minimum atomic E-state index is -4.18. The Morgan fingerprint density at radius 3 is 1.89 bits per heavy atom. The minimum absolute atomic E-state index is 0.125. The largest absolute Gasteiger partial charge is 0.390 e. The first kappa shape index (κ1) is 8.71. The smallest absolute Gasteiger partial charge is 0.329 e. The highest BCUT2D eigenvalue weighted by atomic mass is 19.4. The van der Waals surface area contributed by atoms with E-state index in [1.807, 2.05) is 0 Å². The molecule has 5 heteroatoms. The van der Waals surface area contributed by atoms with E-state index in [1.54, 1.807) is 0 Å². The Hall–Kier alpha value is -0.290. The third-order valence-electron chi connectivity index (χ3n) is 0.796. The summed E-state index contributed by atoms with van der Waals surface area (Å²) in [4.78, 5) is 0. The zero-order chi connectivity index (χ0) is 7.49. The van der Waals surface area contributed by atoms with E-state index in [4.69, 9.17) is 11.5 Å². The van der Waals surface area contributed by atoms with Crippen LogP contribution >= 0.6 is 0 Å². The monoisotopic (exact) mass is 142 g/mol. The Labute approximate surface area is 51.0 Å². The van der Waals surface area contributed by atoms with Crippen LogP contribution < -0.4 is 11.5 Å².